The molecule has 7 heteroatoms. The first-order valence-corrected chi connectivity index (χ1v) is 5.10. The van der Waals surface area contributed by atoms with Crippen LogP contribution in [0, 0.1) is 0 Å². The van der Waals surface area contributed by atoms with Gasteiger partial charge in [-0.25, -0.2) is 4.79 Å². The van der Waals surface area contributed by atoms with Gasteiger partial charge in [0.25, 0.3) is 0 Å². The summed E-state index contributed by atoms with van der Waals surface area (Å²) in [5.74, 6) is -1.06. The molecule has 17 heavy (non-hydrogen) atoms. The number of carbonyl (C=O) groups is 1. The minimum absolute atomic E-state index is 0.00463. The van der Waals surface area contributed by atoms with Gasteiger partial charge in [0.15, 0.2) is 5.69 Å². The van der Waals surface area contributed by atoms with E-state index in [0.717, 1.165) is 10.9 Å². The van der Waals surface area contributed by atoms with Crippen LogP contribution < -0.4 is 0 Å². The molecule has 96 valence electrons. The van der Waals surface area contributed by atoms with Crippen molar-refractivity contribution in [3.8, 4) is 0 Å². The van der Waals surface area contributed by atoms with E-state index in [1.807, 2.05) is 0 Å². The van der Waals surface area contributed by atoms with Crippen molar-refractivity contribution in [3.05, 3.63) is 17.5 Å². The Bertz CT molecular complexity index is 410. The van der Waals surface area contributed by atoms with Crippen molar-refractivity contribution >= 4 is 5.97 Å². The van der Waals surface area contributed by atoms with E-state index in [-0.39, 0.29) is 12.6 Å². The topological polar surface area (TPSA) is 44.1 Å². The molecule has 0 spiro atoms. The fourth-order valence-electron chi connectivity index (χ4n) is 1.21. The molecule has 0 fully saturated rings. The van der Waals surface area contributed by atoms with Crippen LogP contribution in [-0.4, -0.2) is 22.4 Å². The van der Waals surface area contributed by atoms with Gasteiger partial charge in [0.2, 0.25) is 0 Å². The number of alkyl halides is 3. The summed E-state index contributed by atoms with van der Waals surface area (Å²) in [6, 6.07) is -0.265. The number of halogens is 3. The highest BCUT2D eigenvalue weighted by atomic mass is 19.4. The molecule has 0 aliphatic carbocycles. The molecular formula is C10H13F3N2O2. The van der Waals surface area contributed by atoms with E-state index in [1.54, 1.807) is 13.8 Å². The highest BCUT2D eigenvalue weighted by molar-refractivity contribution is 5.89. The Morgan fingerprint density at radius 2 is 2.12 bits per heavy atom. The maximum atomic E-state index is 12.7. The van der Waals surface area contributed by atoms with Crippen LogP contribution in [0.15, 0.2) is 6.20 Å². The Morgan fingerprint density at radius 3 is 2.53 bits per heavy atom. The van der Waals surface area contributed by atoms with Crippen LogP contribution in [0.4, 0.5) is 13.2 Å². The maximum absolute atomic E-state index is 12.7. The molecule has 0 N–H and O–H groups in total. The summed E-state index contributed by atoms with van der Waals surface area (Å²) < 4.78 is 43.6. The molecule has 0 aliphatic heterocycles. The number of rotatable bonds is 3. The summed E-state index contributed by atoms with van der Waals surface area (Å²) in [4.78, 5) is 11.4. The normalized spacial score (nSPS) is 11.9. The quantitative estimate of drug-likeness (QED) is 0.774. The zero-order valence-corrected chi connectivity index (χ0v) is 9.71. The molecule has 0 aliphatic rings. The lowest BCUT2D eigenvalue weighted by molar-refractivity contribution is -0.138. The molecule has 1 aromatic heterocycles. The molecule has 4 nitrogen and oxygen atoms in total. The fourth-order valence-corrected chi connectivity index (χ4v) is 1.21. The van der Waals surface area contributed by atoms with Crippen LogP contribution in [0.25, 0.3) is 0 Å². The number of hydrogen-bond donors (Lipinski definition) is 0. The summed E-state index contributed by atoms with van der Waals surface area (Å²) in [6.07, 6.45) is -3.80. The molecule has 0 saturated heterocycles. The summed E-state index contributed by atoms with van der Waals surface area (Å²) in [6.45, 7) is 4.86. The van der Waals surface area contributed by atoms with Crippen LogP contribution in [-0.2, 0) is 10.9 Å². The van der Waals surface area contributed by atoms with Gasteiger partial charge < -0.3 is 4.74 Å². The lowest BCUT2D eigenvalue weighted by Crippen LogP contribution is -2.14. The molecule has 0 bridgehead atoms. The second-order valence-electron chi connectivity index (χ2n) is 3.68. The van der Waals surface area contributed by atoms with Gasteiger partial charge in [-0.05, 0) is 20.8 Å². The molecule has 0 radical (unpaired) electrons. The number of carbonyl (C=O) groups excluding carboxylic acids is 1. The van der Waals surface area contributed by atoms with E-state index < -0.39 is 23.4 Å². The zero-order valence-electron chi connectivity index (χ0n) is 9.71. The van der Waals surface area contributed by atoms with Crippen LogP contribution in [0.5, 0.6) is 0 Å². The van der Waals surface area contributed by atoms with Gasteiger partial charge >= 0.3 is 12.1 Å². The summed E-state index contributed by atoms with van der Waals surface area (Å²) in [5.41, 5.74) is -1.75. The van der Waals surface area contributed by atoms with Gasteiger partial charge in [0, 0.05) is 12.2 Å². The predicted octanol–water partition coefficient (Wildman–Crippen LogP) is 2.66. The van der Waals surface area contributed by atoms with Crippen LogP contribution in [0.2, 0.25) is 0 Å². The average molecular weight is 250 g/mol. The zero-order chi connectivity index (χ0) is 13.2. The van der Waals surface area contributed by atoms with Gasteiger partial charge in [-0.3, -0.25) is 4.68 Å². The minimum Gasteiger partial charge on any atom is -0.461 e. The Labute approximate surface area is 96.4 Å². The van der Waals surface area contributed by atoms with Crippen LogP contribution in [0.1, 0.15) is 42.9 Å². The number of ether oxygens (including phenoxy) is 1. The van der Waals surface area contributed by atoms with Crippen molar-refractivity contribution < 1.29 is 22.7 Å². The van der Waals surface area contributed by atoms with Crippen molar-refractivity contribution in [2.75, 3.05) is 6.61 Å². The number of nitrogens with zero attached hydrogens (tertiary/aromatic N) is 2. The summed E-state index contributed by atoms with van der Waals surface area (Å²) in [5, 5.41) is 3.62. The molecule has 1 aromatic rings. The van der Waals surface area contributed by atoms with Gasteiger partial charge in [0.05, 0.1) is 6.61 Å². The second-order valence-corrected chi connectivity index (χ2v) is 3.68. The fraction of sp³-hybridized carbons (Fsp3) is 0.600. The number of hydrogen-bond acceptors (Lipinski definition) is 3. The number of esters is 1. The van der Waals surface area contributed by atoms with Crippen molar-refractivity contribution in [2.24, 2.45) is 0 Å². The molecule has 0 unspecified atom stereocenters. The minimum atomic E-state index is -4.62. The summed E-state index contributed by atoms with van der Waals surface area (Å²) in [7, 11) is 0. The van der Waals surface area contributed by atoms with Crippen molar-refractivity contribution in [2.45, 2.75) is 33.0 Å². The van der Waals surface area contributed by atoms with Gasteiger partial charge in [-0.1, -0.05) is 0 Å². The molecular weight excluding hydrogens is 237 g/mol. The lowest BCUT2D eigenvalue weighted by atomic mass is 10.2. The monoisotopic (exact) mass is 250 g/mol. The molecule has 1 heterocycles. The standard InChI is InChI=1S/C10H13F3N2O2/c1-4-17-9(16)8-7(10(11,12)13)5-15(14-8)6(2)3/h5-6H,4H2,1-3H3. The van der Waals surface area contributed by atoms with Gasteiger partial charge in [0.1, 0.15) is 5.56 Å². The molecule has 0 aromatic carbocycles. The molecule has 0 saturated carbocycles. The second kappa shape index (κ2) is 4.77. The predicted molar refractivity (Wildman–Crippen MR) is 53.6 cm³/mol. The third-order valence-corrected chi connectivity index (χ3v) is 2.04. The van der Waals surface area contributed by atoms with E-state index in [2.05, 4.69) is 9.84 Å². The van der Waals surface area contributed by atoms with Gasteiger partial charge in [-0.2, -0.15) is 18.3 Å². The average Bonchev–Trinajstić information content (AvgIpc) is 2.61. The third kappa shape index (κ3) is 2.98. The Morgan fingerprint density at radius 1 is 1.53 bits per heavy atom. The first-order chi connectivity index (χ1) is 7.77. The van der Waals surface area contributed by atoms with E-state index in [1.165, 1.54) is 6.92 Å². The Hall–Kier alpha value is -1.53. The van der Waals surface area contributed by atoms with E-state index in [4.69, 9.17) is 0 Å². The lowest BCUT2D eigenvalue weighted by Gasteiger charge is -2.05. The molecule has 0 atom stereocenters. The van der Waals surface area contributed by atoms with Crippen LogP contribution in [0.3, 0.4) is 0 Å². The smallest absolute Gasteiger partial charge is 0.420 e. The molecule has 0 amide bonds. The van der Waals surface area contributed by atoms with E-state index in [0.29, 0.717) is 0 Å². The largest absolute Gasteiger partial charge is 0.461 e. The first-order valence-electron chi connectivity index (χ1n) is 5.10. The van der Waals surface area contributed by atoms with E-state index in [9.17, 15) is 18.0 Å². The first kappa shape index (κ1) is 13.5. The van der Waals surface area contributed by atoms with Crippen molar-refractivity contribution in [1.82, 2.24) is 9.78 Å². The third-order valence-electron chi connectivity index (χ3n) is 2.04. The van der Waals surface area contributed by atoms with Gasteiger partial charge in [-0.15, -0.1) is 0 Å². The molecule has 1 rings (SSSR count). The van der Waals surface area contributed by atoms with Crippen molar-refractivity contribution in [3.63, 3.8) is 0 Å². The highest BCUT2D eigenvalue weighted by Gasteiger charge is 2.39. The highest BCUT2D eigenvalue weighted by Crippen LogP contribution is 2.32. The van der Waals surface area contributed by atoms with Crippen molar-refractivity contribution in [1.29, 1.82) is 0 Å². The Kier molecular flexibility index (Phi) is 3.79. The SMILES string of the molecule is CCOC(=O)c1nn(C(C)C)cc1C(F)(F)F. The maximum Gasteiger partial charge on any atom is 0.420 e. The van der Waals surface area contributed by atoms with Crippen LogP contribution >= 0.6 is 0 Å². The number of aromatic nitrogens is 2. The Balaban J connectivity index is 3.22. The van der Waals surface area contributed by atoms with E-state index >= 15 is 0 Å². The summed E-state index contributed by atoms with van der Waals surface area (Å²) >= 11 is 0.